The smallest absolute Gasteiger partial charge is 0.103 e. The van der Waals surface area contributed by atoms with Crippen molar-refractivity contribution in [3.63, 3.8) is 0 Å². The van der Waals surface area contributed by atoms with E-state index in [4.69, 9.17) is 0 Å². The number of para-hydroxylation sites is 1. The van der Waals surface area contributed by atoms with Crippen LogP contribution in [0.25, 0.3) is 16.6 Å². The molecule has 3 aromatic rings. The maximum absolute atomic E-state index is 9.33. The SMILES string of the molecule is Cc1cc(-n2ncc3ccccc32)c(C#N)c(C)n1. The number of hydrogen-bond acceptors (Lipinski definition) is 3. The van der Waals surface area contributed by atoms with Gasteiger partial charge in [0.2, 0.25) is 0 Å². The first-order valence-electron chi connectivity index (χ1n) is 6.02. The van der Waals surface area contributed by atoms with E-state index >= 15 is 0 Å². The number of pyridine rings is 1. The Morgan fingerprint density at radius 3 is 2.79 bits per heavy atom. The van der Waals surface area contributed by atoms with Crippen molar-refractivity contribution in [2.45, 2.75) is 13.8 Å². The zero-order valence-corrected chi connectivity index (χ0v) is 10.8. The van der Waals surface area contributed by atoms with Gasteiger partial charge in [0, 0.05) is 11.1 Å². The first-order chi connectivity index (χ1) is 9.20. The lowest BCUT2D eigenvalue weighted by Gasteiger charge is -2.09. The van der Waals surface area contributed by atoms with E-state index in [0.717, 1.165) is 28.0 Å². The van der Waals surface area contributed by atoms with E-state index in [1.54, 1.807) is 4.68 Å². The van der Waals surface area contributed by atoms with Gasteiger partial charge >= 0.3 is 0 Å². The highest BCUT2D eigenvalue weighted by molar-refractivity contribution is 5.80. The fourth-order valence-corrected chi connectivity index (χ4v) is 2.28. The van der Waals surface area contributed by atoms with Crippen molar-refractivity contribution in [2.24, 2.45) is 0 Å². The molecule has 0 amide bonds. The van der Waals surface area contributed by atoms with E-state index in [2.05, 4.69) is 16.2 Å². The predicted molar refractivity (Wildman–Crippen MR) is 73.1 cm³/mol. The molecule has 0 aliphatic carbocycles. The molecule has 2 heterocycles. The van der Waals surface area contributed by atoms with Gasteiger partial charge in [0.25, 0.3) is 0 Å². The molecule has 0 unspecified atom stereocenters. The van der Waals surface area contributed by atoms with Gasteiger partial charge in [-0.15, -0.1) is 0 Å². The van der Waals surface area contributed by atoms with E-state index in [1.165, 1.54) is 0 Å². The Morgan fingerprint density at radius 1 is 1.21 bits per heavy atom. The lowest BCUT2D eigenvalue weighted by Crippen LogP contribution is -2.03. The molecule has 3 rings (SSSR count). The number of nitrogens with zero attached hydrogens (tertiary/aromatic N) is 4. The minimum Gasteiger partial charge on any atom is -0.257 e. The zero-order valence-electron chi connectivity index (χ0n) is 10.8. The molecule has 92 valence electrons. The average Bonchev–Trinajstić information content (AvgIpc) is 2.81. The summed E-state index contributed by atoms with van der Waals surface area (Å²) < 4.78 is 1.80. The van der Waals surface area contributed by atoms with Gasteiger partial charge in [-0.2, -0.15) is 10.4 Å². The fourth-order valence-electron chi connectivity index (χ4n) is 2.28. The number of rotatable bonds is 1. The van der Waals surface area contributed by atoms with Crippen molar-refractivity contribution in [2.75, 3.05) is 0 Å². The van der Waals surface area contributed by atoms with Crippen LogP contribution in [0, 0.1) is 25.2 Å². The van der Waals surface area contributed by atoms with Gasteiger partial charge in [0.1, 0.15) is 6.07 Å². The van der Waals surface area contributed by atoms with Gasteiger partial charge in [-0.25, -0.2) is 4.68 Å². The maximum Gasteiger partial charge on any atom is 0.103 e. The van der Waals surface area contributed by atoms with E-state index in [1.807, 2.05) is 50.4 Å². The third-order valence-electron chi connectivity index (χ3n) is 3.12. The van der Waals surface area contributed by atoms with E-state index in [-0.39, 0.29) is 0 Å². The predicted octanol–water partition coefficient (Wildman–Crippen LogP) is 2.91. The topological polar surface area (TPSA) is 54.5 Å². The van der Waals surface area contributed by atoms with Gasteiger partial charge in [-0.3, -0.25) is 4.98 Å². The molecule has 1 aromatic carbocycles. The number of nitriles is 1. The molecule has 4 heteroatoms. The first-order valence-corrected chi connectivity index (χ1v) is 6.02. The second-order valence-electron chi connectivity index (χ2n) is 4.47. The van der Waals surface area contributed by atoms with Crippen LogP contribution in [0.15, 0.2) is 36.5 Å². The zero-order chi connectivity index (χ0) is 13.4. The van der Waals surface area contributed by atoms with Gasteiger partial charge in [-0.1, -0.05) is 18.2 Å². The van der Waals surface area contributed by atoms with Crippen LogP contribution in [-0.4, -0.2) is 14.8 Å². The maximum atomic E-state index is 9.33. The third kappa shape index (κ3) is 1.76. The molecule has 0 N–H and O–H groups in total. The summed E-state index contributed by atoms with van der Waals surface area (Å²) in [7, 11) is 0. The van der Waals surface area contributed by atoms with Gasteiger partial charge in [-0.05, 0) is 26.0 Å². The molecular formula is C15H12N4. The molecule has 2 aromatic heterocycles. The molecule has 4 nitrogen and oxygen atoms in total. The minimum atomic E-state index is 0.569. The van der Waals surface area contributed by atoms with Crippen LogP contribution >= 0.6 is 0 Å². The van der Waals surface area contributed by atoms with Gasteiger partial charge < -0.3 is 0 Å². The summed E-state index contributed by atoms with van der Waals surface area (Å²) in [5.74, 6) is 0. The molecule has 0 bridgehead atoms. The fraction of sp³-hybridized carbons (Fsp3) is 0.133. The highest BCUT2D eigenvalue weighted by Crippen LogP contribution is 2.22. The van der Waals surface area contributed by atoms with Gasteiger partial charge in [0.05, 0.1) is 28.7 Å². The summed E-state index contributed by atoms with van der Waals surface area (Å²) in [6.07, 6.45) is 1.81. The normalized spacial score (nSPS) is 10.6. The van der Waals surface area contributed by atoms with Crippen molar-refractivity contribution in [1.82, 2.24) is 14.8 Å². The molecule has 0 aliphatic heterocycles. The number of benzene rings is 1. The number of aromatic nitrogens is 3. The lowest BCUT2D eigenvalue weighted by atomic mass is 10.1. The summed E-state index contributed by atoms with van der Waals surface area (Å²) >= 11 is 0. The van der Waals surface area contributed by atoms with Crippen LogP contribution in [-0.2, 0) is 0 Å². The Hall–Kier alpha value is -2.67. The molecule has 19 heavy (non-hydrogen) atoms. The van der Waals surface area contributed by atoms with Crippen molar-refractivity contribution in [3.8, 4) is 11.8 Å². The Balaban J connectivity index is 2.36. The summed E-state index contributed by atoms with van der Waals surface area (Å²) in [6.45, 7) is 3.77. The molecule has 0 radical (unpaired) electrons. The van der Waals surface area contributed by atoms with Crippen molar-refractivity contribution in [1.29, 1.82) is 5.26 Å². The summed E-state index contributed by atoms with van der Waals surface area (Å²) in [4.78, 5) is 4.33. The van der Waals surface area contributed by atoms with Crippen LogP contribution in [0.2, 0.25) is 0 Å². The Labute approximate surface area is 110 Å². The Morgan fingerprint density at radius 2 is 2.00 bits per heavy atom. The summed E-state index contributed by atoms with van der Waals surface area (Å²) in [6, 6.07) is 12.1. The quantitative estimate of drug-likeness (QED) is 0.665. The molecule has 0 atom stereocenters. The highest BCUT2D eigenvalue weighted by Gasteiger charge is 2.12. The first kappa shape index (κ1) is 11.4. The Bertz CT molecular complexity index is 809. The number of aryl methyl sites for hydroxylation is 2. The van der Waals surface area contributed by atoms with Crippen molar-refractivity contribution in [3.05, 3.63) is 53.5 Å². The molecule has 0 spiro atoms. The van der Waals surface area contributed by atoms with Gasteiger partial charge in [0.15, 0.2) is 0 Å². The number of fused-ring (bicyclic) bond motifs is 1. The van der Waals surface area contributed by atoms with Crippen LogP contribution in [0.4, 0.5) is 0 Å². The van der Waals surface area contributed by atoms with Crippen LogP contribution in [0.1, 0.15) is 17.0 Å². The highest BCUT2D eigenvalue weighted by atomic mass is 15.3. The van der Waals surface area contributed by atoms with Crippen molar-refractivity contribution >= 4 is 10.9 Å². The summed E-state index contributed by atoms with van der Waals surface area (Å²) in [5, 5.41) is 14.8. The van der Waals surface area contributed by atoms with E-state index in [0.29, 0.717) is 5.56 Å². The molecule has 0 aliphatic rings. The third-order valence-corrected chi connectivity index (χ3v) is 3.12. The molecule has 0 saturated carbocycles. The van der Waals surface area contributed by atoms with Crippen LogP contribution < -0.4 is 0 Å². The van der Waals surface area contributed by atoms with E-state index in [9.17, 15) is 5.26 Å². The number of hydrogen-bond donors (Lipinski definition) is 0. The van der Waals surface area contributed by atoms with E-state index < -0.39 is 0 Å². The average molecular weight is 248 g/mol. The van der Waals surface area contributed by atoms with Crippen molar-refractivity contribution < 1.29 is 0 Å². The van der Waals surface area contributed by atoms with Crippen LogP contribution in [0.5, 0.6) is 0 Å². The summed E-state index contributed by atoms with van der Waals surface area (Å²) in [5.41, 5.74) is 3.96. The van der Waals surface area contributed by atoms with Crippen LogP contribution in [0.3, 0.4) is 0 Å². The second kappa shape index (κ2) is 4.21. The monoisotopic (exact) mass is 248 g/mol. The molecule has 0 saturated heterocycles. The molecular weight excluding hydrogens is 236 g/mol. The molecule has 0 fully saturated rings. The lowest BCUT2D eigenvalue weighted by molar-refractivity contribution is 0.894. The largest absolute Gasteiger partial charge is 0.257 e. The second-order valence-corrected chi connectivity index (χ2v) is 4.47. The minimum absolute atomic E-state index is 0.569. The standard InChI is InChI=1S/C15H12N4/c1-10-7-15(13(8-16)11(2)18-10)19-14-6-4-3-5-12(14)9-17-19/h3-7,9H,1-2H3. The Kier molecular flexibility index (Phi) is 2.53.